The van der Waals surface area contributed by atoms with Crippen LogP contribution in [0.1, 0.15) is 13.3 Å². The van der Waals surface area contributed by atoms with Crippen LogP contribution in [0.15, 0.2) is 12.2 Å². The number of carbonyl (C=O) groups excluding carboxylic acids is 1. The van der Waals surface area contributed by atoms with Crippen LogP contribution in [0.5, 0.6) is 0 Å². The van der Waals surface area contributed by atoms with Crippen molar-refractivity contribution in [1.82, 2.24) is 4.90 Å². The second-order valence-corrected chi connectivity index (χ2v) is 6.19. The summed E-state index contributed by atoms with van der Waals surface area (Å²) in [6.07, 6.45) is 3.26. The average Bonchev–Trinajstić information content (AvgIpc) is 3.12. The lowest BCUT2D eigenvalue weighted by Crippen LogP contribution is -2.41. The molecule has 0 aliphatic carbocycles. The van der Waals surface area contributed by atoms with E-state index < -0.39 is 35.8 Å². The minimum Gasteiger partial charge on any atom is -0.481 e. The second kappa shape index (κ2) is 5.33. The minimum absolute atomic E-state index is 0.122. The van der Waals surface area contributed by atoms with E-state index in [1.807, 2.05) is 13.0 Å². The number of likely N-dealkylation sites (tertiary alicyclic amines) is 1. The Morgan fingerprint density at radius 1 is 1.55 bits per heavy atom. The van der Waals surface area contributed by atoms with Crippen molar-refractivity contribution in [3.8, 4) is 0 Å². The molecule has 5 unspecified atom stereocenters. The summed E-state index contributed by atoms with van der Waals surface area (Å²) in [5, 5.41) is 9.42. The fourth-order valence-corrected chi connectivity index (χ4v) is 3.88. The van der Waals surface area contributed by atoms with E-state index in [-0.39, 0.29) is 11.9 Å². The Bertz CT molecular complexity index is 516. The normalized spacial score (nSPS) is 37.2. The number of carboxylic acids is 1. The third-order valence-corrected chi connectivity index (χ3v) is 5.01. The van der Waals surface area contributed by atoms with Crippen LogP contribution in [0.2, 0.25) is 0 Å². The van der Waals surface area contributed by atoms with Crippen LogP contribution >= 0.6 is 0 Å². The maximum Gasteiger partial charge on any atom is 0.310 e. The van der Waals surface area contributed by atoms with Gasteiger partial charge in [-0.3, -0.25) is 9.59 Å². The Balaban J connectivity index is 1.80. The molecule has 3 aliphatic rings. The maximum atomic E-state index is 12.8. The molecule has 7 nitrogen and oxygen atoms in total. The van der Waals surface area contributed by atoms with Gasteiger partial charge in [0.05, 0.1) is 18.6 Å². The first-order chi connectivity index (χ1) is 10.4. The molecule has 2 fully saturated rings. The first-order valence-corrected chi connectivity index (χ1v) is 7.39. The summed E-state index contributed by atoms with van der Waals surface area (Å²) in [5.41, 5.74) is -0.783. The Morgan fingerprint density at radius 3 is 2.82 bits per heavy atom. The zero-order valence-corrected chi connectivity index (χ0v) is 12.9. The van der Waals surface area contributed by atoms with Crippen LogP contribution < -0.4 is 0 Å². The van der Waals surface area contributed by atoms with E-state index in [9.17, 15) is 14.7 Å². The number of fused-ring (bicyclic) bond motifs is 1. The van der Waals surface area contributed by atoms with Gasteiger partial charge in [0.2, 0.25) is 5.91 Å². The van der Waals surface area contributed by atoms with Gasteiger partial charge in [-0.15, -0.1) is 0 Å². The molecule has 0 aromatic rings. The van der Waals surface area contributed by atoms with Crippen molar-refractivity contribution in [2.75, 3.05) is 20.8 Å². The SMILES string of the molecule is COC(CC(C)N1CC23C=CC(O2)C(C(=O)O)C3C1=O)OC. The van der Waals surface area contributed by atoms with Gasteiger partial charge >= 0.3 is 5.97 Å². The molecule has 122 valence electrons. The van der Waals surface area contributed by atoms with Crippen molar-refractivity contribution in [3.05, 3.63) is 12.2 Å². The molecule has 3 rings (SSSR count). The van der Waals surface area contributed by atoms with Crippen molar-refractivity contribution in [3.63, 3.8) is 0 Å². The summed E-state index contributed by atoms with van der Waals surface area (Å²) < 4.78 is 16.2. The fourth-order valence-electron chi connectivity index (χ4n) is 3.88. The van der Waals surface area contributed by atoms with Crippen LogP contribution in [-0.4, -0.2) is 66.7 Å². The van der Waals surface area contributed by atoms with Crippen LogP contribution in [0, 0.1) is 11.8 Å². The lowest BCUT2D eigenvalue weighted by atomic mass is 9.77. The van der Waals surface area contributed by atoms with Gasteiger partial charge in [0.15, 0.2) is 6.29 Å². The molecule has 0 aromatic heterocycles. The zero-order valence-electron chi connectivity index (χ0n) is 12.9. The van der Waals surface area contributed by atoms with E-state index in [0.717, 1.165) is 0 Å². The van der Waals surface area contributed by atoms with E-state index in [0.29, 0.717) is 13.0 Å². The van der Waals surface area contributed by atoms with E-state index in [1.54, 1.807) is 25.2 Å². The average molecular weight is 311 g/mol. The molecular formula is C15H21NO6. The highest BCUT2D eigenvalue weighted by Gasteiger charge is 2.67. The number of aliphatic carboxylic acids is 1. The summed E-state index contributed by atoms with van der Waals surface area (Å²) in [6, 6.07) is -0.122. The van der Waals surface area contributed by atoms with E-state index >= 15 is 0 Å². The molecule has 3 heterocycles. The van der Waals surface area contributed by atoms with Crippen LogP contribution in [-0.2, 0) is 23.8 Å². The monoisotopic (exact) mass is 311 g/mol. The molecule has 0 aromatic carbocycles. The highest BCUT2D eigenvalue weighted by molar-refractivity contribution is 5.90. The lowest BCUT2D eigenvalue weighted by molar-refractivity contribution is -0.150. The number of hydrogen-bond donors (Lipinski definition) is 1. The van der Waals surface area contributed by atoms with Crippen molar-refractivity contribution in [1.29, 1.82) is 0 Å². The van der Waals surface area contributed by atoms with Gasteiger partial charge in [-0.25, -0.2) is 0 Å². The topological polar surface area (TPSA) is 85.3 Å². The summed E-state index contributed by atoms with van der Waals surface area (Å²) in [4.78, 5) is 25.9. The van der Waals surface area contributed by atoms with Crippen LogP contribution in [0.3, 0.4) is 0 Å². The number of methoxy groups -OCH3 is 2. The van der Waals surface area contributed by atoms with Gasteiger partial charge in [-0.2, -0.15) is 0 Å². The van der Waals surface area contributed by atoms with Crippen molar-refractivity contribution < 1.29 is 28.9 Å². The van der Waals surface area contributed by atoms with Gasteiger partial charge in [0, 0.05) is 26.7 Å². The molecule has 0 saturated carbocycles. The largest absolute Gasteiger partial charge is 0.481 e. The summed E-state index contributed by atoms with van der Waals surface area (Å²) in [6.45, 7) is 2.29. The number of hydrogen-bond acceptors (Lipinski definition) is 5. The minimum atomic E-state index is -0.976. The number of ether oxygens (including phenoxy) is 3. The highest BCUT2D eigenvalue weighted by Crippen LogP contribution is 2.52. The number of carboxylic acid groups (broad SMARTS) is 1. The Morgan fingerprint density at radius 2 is 2.23 bits per heavy atom. The summed E-state index contributed by atoms with van der Waals surface area (Å²) in [7, 11) is 3.10. The molecule has 1 N–H and O–H groups in total. The first kappa shape index (κ1) is 15.5. The fraction of sp³-hybridized carbons (Fsp3) is 0.733. The van der Waals surface area contributed by atoms with Gasteiger partial charge < -0.3 is 24.2 Å². The van der Waals surface area contributed by atoms with Gasteiger partial charge in [0.1, 0.15) is 11.5 Å². The molecule has 22 heavy (non-hydrogen) atoms. The third kappa shape index (κ3) is 2.07. The first-order valence-electron chi connectivity index (χ1n) is 7.39. The van der Waals surface area contributed by atoms with E-state index in [2.05, 4.69) is 0 Å². The molecule has 1 amide bonds. The highest BCUT2D eigenvalue weighted by atomic mass is 16.7. The van der Waals surface area contributed by atoms with Crippen molar-refractivity contribution >= 4 is 11.9 Å². The Hall–Kier alpha value is -1.44. The van der Waals surface area contributed by atoms with E-state index in [4.69, 9.17) is 14.2 Å². The Kier molecular flexibility index (Phi) is 3.74. The number of carbonyl (C=O) groups is 2. The molecule has 0 radical (unpaired) electrons. The zero-order chi connectivity index (χ0) is 16.1. The quantitative estimate of drug-likeness (QED) is 0.559. The predicted octanol–water partition coefficient (Wildman–Crippen LogP) is 0.251. The van der Waals surface area contributed by atoms with Gasteiger partial charge in [0.25, 0.3) is 0 Å². The van der Waals surface area contributed by atoms with Crippen molar-refractivity contribution in [2.45, 2.75) is 37.4 Å². The molecule has 2 bridgehead atoms. The number of rotatable bonds is 6. The molecule has 1 spiro atoms. The molecular weight excluding hydrogens is 290 g/mol. The predicted molar refractivity (Wildman–Crippen MR) is 75.0 cm³/mol. The van der Waals surface area contributed by atoms with Crippen molar-refractivity contribution in [2.24, 2.45) is 11.8 Å². The summed E-state index contributed by atoms with van der Waals surface area (Å²) >= 11 is 0. The van der Waals surface area contributed by atoms with E-state index in [1.165, 1.54) is 0 Å². The number of amides is 1. The smallest absolute Gasteiger partial charge is 0.310 e. The maximum absolute atomic E-state index is 12.8. The lowest BCUT2D eigenvalue weighted by Gasteiger charge is -2.29. The van der Waals surface area contributed by atoms with Crippen LogP contribution in [0.25, 0.3) is 0 Å². The molecule has 5 atom stereocenters. The number of nitrogens with zero attached hydrogens (tertiary/aromatic N) is 1. The van der Waals surface area contributed by atoms with Gasteiger partial charge in [-0.1, -0.05) is 12.2 Å². The summed E-state index contributed by atoms with van der Waals surface area (Å²) in [5.74, 6) is -2.56. The van der Waals surface area contributed by atoms with Crippen LogP contribution in [0.4, 0.5) is 0 Å². The van der Waals surface area contributed by atoms with Gasteiger partial charge in [-0.05, 0) is 6.92 Å². The molecule has 7 heteroatoms. The Labute approximate surface area is 128 Å². The second-order valence-electron chi connectivity index (χ2n) is 6.19. The third-order valence-electron chi connectivity index (χ3n) is 5.01. The standard InChI is InChI=1S/C15H21NO6/c1-8(6-10(20-2)21-3)16-7-15-5-4-9(22-15)11(14(18)19)12(15)13(16)17/h4-5,8-12H,6-7H2,1-3H3,(H,18,19). The molecule has 3 aliphatic heterocycles. The molecule has 2 saturated heterocycles.